The van der Waals surface area contributed by atoms with Crippen LogP contribution < -0.4 is 4.72 Å². The molecular formula is C10H14BrNO4S2. The van der Waals surface area contributed by atoms with E-state index in [9.17, 15) is 13.2 Å². The number of halogens is 1. The Morgan fingerprint density at radius 3 is 2.67 bits per heavy atom. The number of hydrogen-bond donors (Lipinski definition) is 2. The first-order valence-corrected chi connectivity index (χ1v) is 8.53. The van der Waals surface area contributed by atoms with Crippen LogP contribution in [0.4, 0.5) is 0 Å². The van der Waals surface area contributed by atoms with Crippen LogP contribution in [0.5, 0.6) is 0 Å². The fourth-order valence-corrected chi connectivity index (χ4v) is 4.78. The van der Waals surface area contributed by atoms with E-state index >= 15 is 0 Å². The maximum absolute atomic E-state index is 11.8. The van der Waals surface area contributed by atoms with Crippen molar-refractivity contribution in [1.29, 1.82) is 0 Å². The first-order valence-electron chi connectivity index (χ1n) is 5.38. The molecule has 0 aliphatic rings. The Bertz CT molecular complexity index is 498. The molecule has 5 nitrogen and oxygen atoms in total. The molecule has 0 aliphatic carbocycles. The standard InChI is InChI=1S/C10H14BrNO4S2/c11-8-5-7-17-10(8)18(15,16)12-6-3-1-2-4-9(13)14/h5,7,12H,1-4,6H2,(H,13,14). The van der Waals surface area contributed by atoms with Gasteiger partial charge in [0, 0.05) is 17.4 Å². The number of unbranched alkanes of at least 4 members (excludes halogenated alkanes) is 2. The van der Waals surface area contributed by atoms with Crippen molar-refractivity contribution < 1.29 is 18.3 Å². The first kappa shape index (κ1) is 15.6. The van der Waals surface area contributed by atoms with Gasteiger partial charge in [0.1, 0.15) is 4.21 Å². The fraction of sp³-hybridized carbons (Fsp3) is 0.500. The van der Waals surface area contributed by atoms with Crippen LogP contribution in [0, 0.1) is 0 Å². The molecule has 0 aromatic carbocycles. The maximum atomic E-state index is 11.8. The average Bonchev–Trinajstić information content (AvgIpc) is 2.70. The minimum absolute atomic E-state index is 0.128. The van der Waals surface area contributed by atoms with Crippen molar-refractivity contribution in [3.63, 3.8) is 0 Å². The van der Waals surface area contributed by atoms with E-state index in [0.717, 1.165) is 11.3 Å². The largest absolute Gasteiger partial charge is 0.481 e. The van der Waals surface area contributed by atoms with Gasteiger partial charge in [0.05, 0.1) is 0 Å². The Balaban J connectivity index is 2.31. The molecule has 102 valence electrons. The van der Waals surface area contributed by atoms with Gasteiger partial charge in [0.25, 0.3) is 10.0 Å². The lowest BCUT2D eigenvalue weighted by molar-refractivity contribution is -0.137. The van der Waals surface area contributed by atoms with E-state index in [4.69, 9.17) is 5.11 Å². The molecule has 0 bridgehead atoms. The SMILES string of the molecule is O=C(O)CCCCCNS(=O)(=O)c1sccc1Br. The number of carbonyl (C=O) groups is 1. The predicted octanol–water partition coefficient (Wildman–Crippen LogP) is 2.43. The number of carboxylic acids is 1. The molecule has 0 aliphatic heterocycles. The second-order valence-corrected chi connectivity index (χ2v) is 7.39. The molecule has 0 radical (unpaired) electrons. The van der Waals surface area contributed by atoms with Crippen LogP contribution >= 0.6 is 27.3 Å². The van der Waals surface area contributed by atoms with E-state index in [1.165, 1.54) is 0 Å². The van der Waals surface area contributed by atoms with Crippen molar-refractivity contribution in [2.75, 3.05) is 6.54 Å². The molecule has 0 saturated heterocycles. The van der Waals surface area contributed by atoms with E-state index in [0.29, 0.717) is 30.3 Å². The van der Waals surface area contributed by atoms with E-state index < -0.39 is 16.0 Å². The van der Waals surface area contributed by atoms with Crippen LogP contribution in [-0.2, 0) is 14.8 Å². The summed E-state index contributed by atoms with van der Waals surface area (Å²) in [7, 11) is -3.45. The van der Waals surface area contributed by atoms with Crippen LogP contribution in [0.1, 0.15) is 25.7 Å². The highest BCUT2D eigenvalue weighted by atomic mass is 79.9. The van der Waals surface area contributed by atoms with Crippen LogP contribution in [0.3, 0.4) is 0 Å². The van der Waals surface area contributed by atoms with Crippen LogP contribution in [0.15, 0.2) is 20.1 Å². The zero-order valence-corrected chi connectivity index (χ0v) is 12.8. The topological polar surface area (TPSA) is 83.5 Å². The highest BCUT2D eigenvalue weighted by Gasteiger charge is 2.18. The van der Waals surface area contributed by atoms with Gasteiger partial charge in [0.15, 0.2) is 0 Å². The van der Waals surface area contributed by atoms with Gasteiger partial charge in [-0.05, 0) is 40.2 Å². The number of aliphatic carboxylic acids is 1. The van der Waals surface area contributed by atoms with Crippen molar-refractivity contribution in [2.24, 2.45) is 0 Å². The molecular weight excluding hydrogens is 342 g/mol. The molecule has 1 rings (SSSR count). The third kappa shape index (κ3) is 5.05. The van der Waals surface area contributed by atoms with E-state index in [-0.39, 0.29) is 10.6 Å². The van der Waals surface area contributed by atoms with Gasteiger partial charge in [-0.1, -0.05) is 6.42 Å². The van der Waals surface area contributed by atoms with E-state index in [1.54, 1.807) is 11.4 Å². The number of nitrogens with one attached hydrogen (secondary N) is 1. The number of sulfonamides is 1. The molecule has 0 atom stereocenters. The lowest BCUT2D eigenvalue weighted by atomic mass is 10.2. The van der Waals surface area contributed by atoms with Crippen molar-refractivity contribution in [1.82, 2.24) is 4.72 Å². The Hall–Kier alpha value is -0.440. The van der Waals surface area contributed by atoms with Crippen LogP contribution in [0.2, 0.25) is 0 Å². The molecule has 0 spiro atoms. The van der Waals surface area contributed by atoms with Gasteiger partial charge < -0.3 is 5.11 Å². The summed E-state index contributed by atoms with van der Waals surface area (Å²) < 4.78 is 27.0. The van der Waals surface area contributed by atoms with Crippen molar-refractivity contribution in [3.8, 4) is 0 Å². The summed E-state index contributed by atoms with van der Waals surface area (Å²) in [6.45, 7) is 0.326. The maximum Gasteiger partial charge on any atom is 0.303 e. The van der Waals surface area contributed by atoms with Crippen molar-refractivity contribution in [3.05, 3.63) is 15.9 Å². The summed E-state index contributed by atoms with van der Waals surface area (Å²) in [6.07, 6.45) is 2.03. The number of carboxylic acid groups (broad SMARTS) is 1. The van der Waals surface area contributed by atoms with Gasteiger partial charge in [-0.25, -0.2) is 13.1 Å². The Morgan fingerprint density at radius 2 is 2.11 bits per heavy atom. The monoisotopic (exact) mass is 355 g/mol. The van der Waals surface area contributed by atoms with Crippen molar-refractivity contribution in [2.45, 2.75) is 29.9 Å². The van der Waals surface area contributed by atoms with E-state index in [2.05, 4.69) is 20.7 Å². The fourth-order valence-electron chi connectivity index (χ4n) is 1.32. The average molecular weight is 356 g/mol. The van der Waals surface area contributed by atoms with Crippen molar-refractivity contribution >= 4 is 43.3 Å². The smallest absolute Gasteiger partial charge is 0.303 e. The van der Waals surface area contributed by atoms with Gasteiger partial charge >= 0.3 is 5.97 Å². The summed E-state index contributed by atoms with van der Waals surface area (Å²) in [5.41, 5.74) is 0. The zero-order chi connectivity index (χ0) is 13.6. The highest BCUT2D eigenvalue weighted by molar-refractivity contribution is 9.10. The third-order valence-corrected chi connectivity index (χ3v) is 6.32. The minimum Gasteiger partial charge on any atom is -0.481 e. The molecule has 2 N–H and O–H groups in total. The summed E-state index contributed by atoms with van der Waals surface area (Å²) in [4.78, 5) is 10.3. The Labute approximate surface area is 118 Å². The first-order chi connectivity index (χ1) is 8.43. The van der Waals surface area contributed by atoms with Crippen LogP contribution in [0.25, 0.3) is 0 Å². The quantitative estimate of drug-likeness (QED) is 0.701. The van der Waals surface area contributed by atoms with Crippen LogP contribution in [-0.4, -0.2) is 26.0 Å². The second kappa shape index (κ2) is 7.22. The summed E-state index contributed by atoms with van der Waals surface area (Å²) >= 11 is 4.33. The molecule has 18 heavy (non-hydrogen) atoms. The molecule has 1 aromatic heterocycles. The van der Waals surface area contributed by atoms with E-state index in [1.807, 2.05) is 0 Å². The molecule has 1 heterocycles. The molecule has 0 fully saturated rings. The number of hydrogen-bond acceptors (Lipinski definition) is 4. The van der Waals surface area contributed by atoms with Gasteiger partial charge in [-0.3, -0.25) is 4.79 Å². The second-order valence-electron chi connectivity index (χ2n) is 3.66. The van der Waals surface area contributed by atoms with Gasteiger partial charge in [0.2, 0.25) is 0 Å². The number of thiophene rings is 1. The Morgan fingerprint density at radius 1 is 1.39 bits per heavy atom. The van der Waals surface area contributed by atoms with Gasteiger partial charge in [-0.15, -0.1) is 11.3 Å². The summed E-state index contributed by atoms with van der Waals surface area (Å²) in [6, 6.07) is 1.69. The summed E-state index contributed by atoms with van der Waals surface area (Å²) in [5.74, 6) is -0.821. The molecule has 1 aromatic rings. The lowest BCUT2D eigenvalue weighted by Gasteiger charge is -2.05. The highest BCUT2D eigenvalue weighted by Crippen LogP contribution is 2.27. The van der Waals surface area contributed by atoms with Gasteiger partial charge in [-0.2, -0.15) is 0 Å². The summed E-state index contributed by atoms with van der Waals surface area (Å²) in [5, 5.41) is 10.1. The normalized spacial score (nSPS) is 11.6. The predicted molar refractivity (Wildman–Crippen MR) is 73.3 cm³/mol. The minimum atomic E-state index is -3.45. The molecule has 8 heteroatoms. The lowest BCUT2D eigenvalue weighted by Crippen LogP contribution is -2.24. The zero-order valence-electron chi connectivity index (χ0n) is 9.56. The molecule has 0 unspecified atom stereocenters. The number of rotatable bonds is 8. The Kier molecular flexibility index (Phi) is 6.27. The molecule has 0 amide bonds. The third-order valence-electron chi connectivity index (χ3n) is 2.19. The molecule has 0 saturated carbocycles.